The third kappa shape index (κ3) is 26.5. The molecular formula is C12H25ClO2SSn. The predicted molar refractivity (Wildman–Crippen MR) is 79.8 cm³/mol. The van der Waals surface area contributed by atoms with Crippen LogP contribution in [0.25, 0.3) is 0 Å². The van der Waals surface area contributed by atoms with E-state index in [-0.39, 0.29) is 11.7 Å². The van der Waals surface area contributed by atoms with Crippen molar-refractivity contribution < 1.29 is 9.53 Å². The summed E-state index contributed by atoms with van der Waals surface area (Å²) in [7, 11) is 5.47. The summed E-state index contributed by atoms with van der Waals surface area (Å²) in [5.74, 6) is 0.584. The van der Waals surface area contributed by atoms with Crippen LogP contribution in [-0.2, 0) is 22.2 Å². The molecule has 0 saturated carbocycles. The maximum atomic E-state index is 10.6. The summed E-state index contributed by atoms with van der Waals surface area (Å²) in [6.07, 6.45) is 4.59. The van der Waals surface area contributed by atoms with Gasteiger partial charge in [-0.3, -0.25) is 4.79 Å². The zero-order valence-corrected chi connectivity index (χ0v) is 15.8. The molecule has 0 rings (SSSR count). The minimum absolute atomic E-state index is 0.0754. The van der Waals surface area contributed by atoms with Crippen molar-refractivity contribution in [2.75, 3.05) is 12.4 Å². The van der Waals surface area contributed by atoms with E-state index in [0.29, 0.717) is 6.61 Å². The summed E-state index contributed by atoms with van der Waals surface area (Å²) in [5.41, 5.74) is 0. The molecule has 0 saturated heterocycles. The molecule has 102 valence electrons. The third-order valence-electron chi connectivity index (χ3n) is 1.81. The molecule has 0 radical (unpaired) electrons. The van der Waals surface area contributed by atoms with Crippen molar-refractivity contribution in [1.82, 2.24) is 0 Å². The number of esters is 1. The molecule has 0 heterocycles. The van der Waals surface area contributed by atoms with E-state index in [1.165, 1.54) is 12.8 Å². The van der Waals surface area contributed by atoms with Crippen LogP contribution in [-0.4, -0.2) is 37.0 Å². The van der Waals surface area contributed by atoms with Gasteiger partial charge in [-0.15, -0.1) is 0 Å². The maximum absolute atomic E-state index is 10.6. The molecule has 5 heteroatoms. The zero-order chi connectivity index (χ0) is 13.7. The van der Waals surface area contributed by atoms with E-state index >= 15 is 0 Å². The Hall–Kier alpha value is 0.909. The summed E-state index contributed by atoms with van der Waals surface area (Å²) in [6.45, 7) is 4.97. The van der Waals surface area contributed by atoms with Crippen LogP contribution in [0.15, 0.2) is 0 Å². The molecule has 0 bridgehead atoms. The molecule has 0 aromatic heterocycles. The van der Waals surface area contributed by atoms with Gasteiger partial charge < -0.3 is 17.4 Å². The Morgan fingerprint density at radius 1 is 1.29 bits per heavy atom. The van der Waals surface area contributed by atoms with Crippen LogP contribution in [0.5, 0.6) is 0 Å². The van der Waals surface area contributed by atoms with Gasteiger partial charge in [-0.05, 0) is 12.3 Å². The van der Waals surface area contributed by atoms with Gasteiger partial charge in [0, 0.05) is 0 Å². The van der Waals surface area contributed by atoms with Crippen LogP contribution in [0, 0.1) is 5.92 Å². The van der Waals surface area contributed by atoms with Crippen LogP contribution in [0.2, 0.25) is 9.88 Å². The number of hydrogen-bond donors (Lipinski definition) is 0. The molecule has 0 N–H and O–H groups in total. The van der Waals surface area contributed by atoms with E-state index in [1.54, 1.807) is 0 Å². The molecule has 0 aliphatic heterocycles. The monoisotopic (exact) mass is 388 g/mol. The molecule has 0 aromatic carbocycles. The molecular weight excluding hydrogens is 362 g/mol. The second kappa shape index (κ2) is 15.0. The quantitative estimate of drug-likeness (QED) is 0.288. The Balaban J connectivity index is 0. The number of unbranched alkanes of at least 4 members (excludes halogenated alkanes) is 2. The van der Waals surface area contributed by atoms with Crippen molar-refractivity contribution in [3.8, 4) is 0 Å². The van der Waals surface area contributed by atoms with Gasteiger partial charge in [-0.25, -0.2) is 0 Å². The van der Waals surface area contributed by atoms with E-state index < -0.39 is 18.6 Å². The second-order valence-corrected chi connectivity index (χ2v) is 14.9. The van der Waals surface area contributed by atoms with Crippen LogP contribution in [0.4, 0.5) is 0 Å². The van der Waals surface area contributed by atoms with Gasteiger partial charge in [0.15, 0.2) is 0 Å². The van der Waals surface area contributed by atoms with Gasteiger partial charge in [0.25, 0.3) is 5.97 Å². The van der Waals surface area contributed by atoms with Crippen molar-refractivity contribution in [3.05, 3.63) is 0 Å². The fraction of sp³-hybridized carbons (Fsp3) is 0.917. The van der Waals surface area contributed by atoms with Gasteiger partial charge >= 0.3 is 37.4 Å². The Labute approximate surface area is 123 Å². The average Bonchev–Trinajstić information content (AvgIpc) is 2.21. The van der Waals surface area contributed by atoms with E-state index in [0.717, 1.165) is 18.8 Å². The summed E-state index contributed by atoms with van der Waals surface area (Å²) >= 11 is 3.46. The number of halogens is 1. The molecule has 17 heavy (non-hydrogen) atoms. The average molecular weight is 388 g/mol. The van der Waals surface area contributed by atoms with E-state index in [4.69, 9.17) is 13.7 Å². The van der Waals surface area contributed by atoms with Gasteiger partial charge in [0.1, 0.15) is 0 Å². The third-order valence-corrected chi connectivity index (χ3v) is 2.04. The fourth-order valence-electron chi connectivity index (χ4n) is 1.06. The molecule has 0 aromatic rings. The van der Waals surface area contributed by atoms with Crippen molar-refractivity contribution >= 4 is 46.2 Å². The van der Waals surface area contributed by atoms with E-state index in [1.807, 2.05) is 0 Å². The van der Waals surface area contributed by atoms with Crippen LogP contribution >= 0.6 is 8.92 Å². The van der Waals surface area contributed by atoms with Gasteiger partial charge in [0.2, 0.25) is 0 Å². The standard InChI is InChI=1S/C10H20O2S.2CH3.ClH.Sn/c1-9(2)6-4-3-5-7-12-10(11)8-13;;;;/h9,13H,3-8H2,1-2H3;2*1H3;1H;/q;;;;+2/p-2. The molecule has 0 fully saturated rings. The first-order valence-corrected chi connectivity index (χ1v) is 16.0. The first-order chi connectivity index (χ1) is 7.90. The molecule has 0 aliphatic rings. The van der Waals surface area contributed by atoms with Gasteiger partial charge in [-0.1, -0.05) is 38.9 Å². The van der Waals surface area contributed by atoms with Crippen molar-refractivity contribution in [2.24, 2.45) is 5.92 Å². The summed E-state index contributed by atoms with van der Waals surface area (Å²) in [5, 5.41) is 0. The predicted octanol–water partition coefficient (Wildman–Crippen LogP) is 3.77. The number of rotatable bonds is 7. The fourth-order valence-corrected chi connectivity index (χ4v) is 1.14. The summed E-state index contributed by atoms with van der Waals surface area (Å²) < 4.78 is 4.86. The molecule has 0 atom stereocenters. The van der Waals surface area contributed by atoms with Crippen LogP contribution in [0.1, 0.15) is 39.5 Å². The number of carbonyl (C=O) groups is 1. The van der Waals surface area contributed by atoms with E-state index in [2.05, 4.69) is 36.4 Å². The Bertz CT molecular complexity index is 175. The van der Waals surface area contributed by atoms with Crippen molar-refractivity contribution in [3.63, 3.8) is 0 Å². The molecule has 2 nitrogen and oxygen atoms in total. The number of ether oxygens (including phenoxy) is 1. The number of carbonyl (C=O) groups excluding carboxylic acids is 1. The Morgan fingerprint density at radius 2 is 1.82 bits per heavy atom. The molecule has 0 unspecified atom stereocenters. The molecule has 0 spiro atoms. The minimum atomic E-state index is -1.07. The zero-order valence-electron chi connectivity index (χ0n) is 11.4. The van der Waals surface area contributed by atoms with Crippen molar-refractivity contribution in [2.45, 2.75) is 49.4 Å². The number of hydrogen-bond acceptors (Lipinski definition) is 3. The topological polar surface area (TPSA) is 26.3 Å². The van der Waals surface area contributed by atoms with Gasteiger partial charge in [-0.2, -0.15) is 0 Å². The normalized spacial score (nSPS) is 9.59. The first kappa shape index (κ1) is 20.2. The van der Waals surface area contributed by atoms with Crippen molar-refractivity contribution in [1.29, 1.82) is 0 Å². The summed E-state index contributed by atoms with van der Waals surface area (Å²) in [6, 6.07) is 0. The van der Waals surface area contributed by atoms with Crippen LogP contribution in [0.3, 0.4) is 0 Å². The summed E-state index contributed by atoms with van der Waals surface area (Å²) in [4.78, 5) is 14.9. The first-order valence-electron chi connectivity index (χ1n) is 6.09. The molecule has 0 aliphatic carbocycles. The van der Waals surface area contributed by atoms with E-state index in [9.17, 15) is 4.79 Å². The Kier molecular flexibility index (Phi) is 17.8. The van der Waals surface area contributed by atoms with Gasteiger partial charge in [0.05, 0.1) is 6.61 Å². The SMILES string of the molecule is CC(C)CCCCCOC(=O)C[S-].[CH3][Sn+]([CH3])[Cl]. The molecule has 0 amide bonds. The second-order valence-electron chi connectivity index (χ2n) is 4.49. The Morgan fingerprint density at radius 3 is 2.24 bits per heavy atom. The van der Waals surface area contributed by atoms with Crippen LogP contribution < -0.4 is 0 Å².